The van der Waals surface area contributed by atoms with E-state index >= 15 is 0 Å². The van der Waals surface area contributed by atoms with Crippen molar-refractivity contribution < 1.29 is 18.7 Å². The van der Waals surface area contributed by atoms with Gasteiger partial charge in [-0.1, -0.05) is 24.3 Å². The van der Waals surface area contributed by atoms with Gasteiger partial charge in [-0.05, 0) is 29.8 Å². The molecular formula is C21H15N3O5. The molecule has 0 aliphatic carbocycles. The molecule has 0 unspecified atom stereocenters. The molecule has 0 N–H and O–H groups in total. The average molecular weight is 389 g/mol. The molecule has 2 heterocycles. The number of ether oxygens (including phenoxy) is 2. The predicted octanol–water partition coefficient (Wildman–Crippen LogP) is 2.89. The van der Waals surface area contributed by atoms with E-state index in [2.05, 4.69) is 15.0 Å². The fraction of sp³-hybridized carbons (Fsp3) is 0.0952. The third-order valence-corrected chi connectivity index (χ3v) is 4.14. The fourth-order valence-electron chi connectivity index (χ4n) is 2.79. The summed E-state index contributed by atoms with van der Waals surface area (Å²) in [5, 5.41) is 0.751. The molecule has 2 aromatic carbocycles. The van der Waals surface area contributed by atoms with Gasteiger partial charge < -0.3 is 13.9 Å². The molecule has 1 aliphatic rings. The minimum absolute atomic E-state index is 0.105. The van der Waals surface area contributed by atoms with Gasteiger partial charge in [-0.25, -0.2) is 14.8 Å². The smallest absolute Gasteiger partial charge is 0.344 e. The van der Waals surface area contributed by atoms with Gasteiger partial charge in [0.25, 0.3) is 11.9 Å². The van der Waals surface area contributed by atoms with Gasteiger partial charge in [-0.3, -0.25) is 4.79 Å². The van der Waals surface area contributed by atoms with Crippen LogP contribution in [0, 0.1) is 0 Å². The topological polar surface area (TPSA) is 103 Å². The van der Waals surface area contributed by atoms with Crippen molar-refractivity contribution in [1.29, 1.82) is 0 Å². The third kappa shape index (κ3) is 3.96. The number of nitrogens with zero attached hydrogens (tertiary/aromatic N) is 3. The van der Waals surface area contributed by atoms with E-state index in [0.29, 0.717) is 28.2 Å². The minimum Gasteiger partial charge on any atom is -0.493 e. The number of rotatable bonds is 5. The summed E-state index contributed by atoms with van der Waals surface area (Å²) in [6.45, 7) is -0.244. The van der Waals surface area contributed by atoms with Crippen molar-refractivity contribution in [2.75, 3.05) is 13.7 Å². The van der Waals surface area contributed by atoms with Crippen molar-refractivity contribution in [2.24, 2.45) is 15.0 Å². The van der Waals surface area contributed by atoms with Gasteiger partial charge >= 0.3 is 5.63 Å². The summed E-state index contributed by atoms with van der Waals surface area (Å²) in [6, 6.07) is 13.9. The summed E-state index contributed by atoms with van der Waals surface area (Å²) in [5.41, 5.74) is 1.01. The second kappa shape index (κ2) is 7.89. The van der Waals surface area contributed by atoms with Crippen molar-refractivity contribution in [3.05, 3.63) is 59.0 Å². The fourth-order valence-corrected chi connectivity index (χ4v) is 2.79. The Bertz CT molecular complexity index is 1210. The van der Waals surface area contributed by atoms with Crippen LogP contribution in [0.5, 0.6) is 11.5 Å². The molecule has 8 nitrogen and oxygen atoms in total. The Morgan fingerprint density at radius 2 is 1.86 bits per heavy atom. The van der Waals surface area contributed by atoms with E-state index in [9.17, 15) is 9.59 Å². The van der Waals surface area contributed by atoms with Gasteiger partial charge in [0.15, 0.2) is 17.9 Å². The number of guanidine groups is 1. The lowest BCUT2D eigenvalue weighted by Gasteiger charge is -2.07. The first-order valence-corrected chi connectivity index (χ1v) is 8.66. The van der Waals surface area contributed by atoms with Crippen LogP contribution in [0.2, 0.25) is 0 Å². The Hall–Kier alpha value is -4.07. The van der Waals surface area contributed by atoms with Crippen LogP contribution in [0.3, 0.4) is 0 Å². The van der Waals surface area contributed by atoms with Crippen molar-refractivity contribution in [3.8, 4) is 22.6 Å². The summed E-state index contributed by atoms with van der Waals surface area (Å²) in [5.74, 6) is 0.572. The summed E-state index contributed by atoms with van der Waals surface area (Å²) in [6.07, 6.45) is 2.90. The van der Waals surface area contributed by atoms with E-state index in [1.807, 2.05) is 12.1 Å². The number of carbonyl (C=O) groups is 1. The normalized spacial score (nSPS) is 12.4. The number of benzene rings is 2. The first-order valence-electron chi connectivity index (χ1n) is 8.66. The molecule has 0 spiro atoms. The maximum absolute atomic E-state index is 12.4. The summed E-state index contributed by atoms with van der Waals surface area (Å²) in [4.78, 5) is 35.5. The van der Waals surface area contributed by atoms with Crippen molar-refractivity contribution in [1.82, 2.24) is 0 Å². The Balaban J connectivity index is 1.52. The van der Waals surface area contributed by atoms with Gasteiger partial charge in [0.05, 0.1) is 12.7 Å². The third-order valence-electron chi connectivity index (χ3n) is 4.14. The number of amides is 1. The van der Waals surface area contributed by atoms with E-state index in [1.54, 1.807) is 36.4 Å². The average Bonchev–Trinajstić information content (AvgIpc) is 3.25. The largest absolute Gasteiger partial charge is 0.493 e. The molecule has 144 valence electrons. The van der Waals surface area contributed by atoms with Crippen LogP contribution in [0.4, 0.5) is 0 Å². The lowest BCUT2D eigenvalue weighted by atomic mass is 10.1. The number of aliphatic imine (C=N–C) groups is 3. The second-order valence-corrected chi connectivity index (χ2v) is 6.00. The summed E-state index contributed by atoms with van der Waals surface area (Å²) < 4.78 is 16.1. The highest BCUT2D eigenvalue weighted by atomic mass is 16.5. The van der Waals surface area contributed by atoms with Gasteiger partial charge in [-0.15, -0.1) is 0 Å². The Morgan fingerprint density at radius 1 is 1.10 bits per heavy atom. The molecule has 8 heteroatoms. The van der Waals surface area contributed by atoms with Crippen LogP contribution in [0.25, 0.3) is 22.1 Å². The molecule has 0 radical (unpaired) electrons. The zero-order valence-electron chi connectivity index (χ0n) is 15.4. The van der Waals surface area contributed by atoms with Crippen LogP contribution < -0.4 is 15.1 Å². The highest BCUT2D eigenvalue weighted by Crippen LogP contribution is 2.28. The van der Waals surface area contributed by atoms with E-state index in [4.69, 9.17) is 13.9 Å². The van der Waals surface area contributed by atoms with E-state index in [-0.39, 0.29) is 12.6 Å². The van der Waals surface area contributed by atoms with Gasteiger partial charge in [0.1, 0.15) is 5.75 Å². The molecule has 4 rings (SSSR count). The number of carbonyl (C=O) groups excluding carboxylic acids is 1. The predicted molar refractivity (Wildman–Crippen MR) is 109 cm³/mol. The zero-order valence-corrected chi connectivity index (χ0v) is 15.4. The molecule has 0 saturated heterocycles. The van der Waals surface area contributed by atoms with Crippen LogP contribution in [0.1, 0.15) is 0 Å². The van der Waals surface area contributed by atoms with Crippen LogP contribution in [-0.2, 0) is 4.79 Å². The monoisotopic (exact) mass is 389 g/mol. The van der Waals surface area contributed by atoms with Gasteiger partial charge in [0.2, 0.25) is 0 Å². The molecule has 0 bridgehead atoms. The number of para-hydroxylation sites is 1. The van der Waals surface area contributed by atoms with Crippen molar-refractivity contribution in [3.63, 3.8) is 0 Å². The molecule has 0 atom stereocenters. The van der Waals surface area contributed by atoms with Crippen molar-refractivity contribution >= 4 is 35.3 Å². The Labute approximate surface area is 164 Å². The maximum Gasteiger partial charge on any atom is 0.344 e. The minimum atomic E-state index is -0.496. The first-order chi connectivity index (χ1) is 14.1. The lowest BCUT2D eigenvalue weighted by Crippen LogP contribution is -2.10. The number of methoxy groups -OCH3 is 1. The number of hydrogen-bond acceptors (Lipinski definition) is 5. The Morgan fingerprint density at radius 3 is 2.59 bits per heavy atom. The molecule has 0 saturated carbocycles. The number of hydrogen-bond donors (Lipinski definition) is 0. The molecule has 1 amide bonds. The molecular weight excluding hydrogens is 374 g/mol. The van der Waals surface area contributed by atoms with Gasteiger partial charge in [0, 0.05) is 17.8 Å². The zero-order chi connectivity index (χ0) is 20.2. The second-order valence-electron chi connectivity index (χ2n) is 6.00. The molecule has 1 aliphatic heterocycles. The standard InChI is InChI=1S/C21H15N3O5/c1-27-17-4-2-3-14-11-16(20(26)29-19(14)17)13-5-7-15(8-6-13)28-12-18(25)24-21-22-9-10-23-21/h2-11H,12H2,1H3. The summed E-state index contributed by atoms with van der Waals surface area (Å²) >= 11 is 0. The molecule has 1 aromatic heterocycles. The Kier molecular flexibility index (Phi) is 4.98. The van der Waals surface area contributed by atoms with E-state index < -0.39 is 11.5 Å². The van der Waals surface area contributed by atoms with Crippen LogP contribution >= 0.6 is 0 Å². The molecule has 3 aromatic rings. The van der Waals surface area contributed by atoms with Crippen molar-refractivity contribution in [2.45, 2.75) is 0 Å². The summed E-state index contributed by atoms with van der Waals surface area (Å²) in [7, 11) is 1.52. The van der Waals surface area contributed by atoms with Crippen LogP contribution in [-0.4, -0.2) is 38.0 Å². The quantitative estimate of drug-likeness (QED) is 0.624. The van der Waals surface area contributed by atoms with Crippen LogP contribution in [0.15, 0.2) is 72.7 Å². The highest BCUT2D eigenvalue weighted by Gasteiger charge is 2.11. The number of fused-ring (bicyclic) bond motifs is 1. The molecule has 0 fully saturated rings. The molecule has 29 heavy (non-hydrogen) atoms. The first kappa shape index (κ1) is 18.3. The maximum atomic E-state index is 12.4. The van der Waals surface area contributed by atoms with E-state index in [1.165, 1.54) is 19.5 Å². The van der Waals surface area contributed by atoms with Gasteiger partial charge in [-0.2, -0.15) is 4.99 Å². The SMILES string of the molecule is COc1cccc2cc(-c3ccc(OCC(=O)N=C4N=CC=N4)cc3)c(=O)oc12. The van der Waals surface area contributed by atoms with E-state index in [0.717, 1.165) is 5.39 Å². The lowest BCUT2D eigenvalue weighted by molar-refractivity contribution is -0.119. The highest BCUT2D eigenvalue weighted by molar-refractivity contribution is 6.26.